The largest absolute Gasteiger partial charge is 0.0984 e. The second-order valence-corrected chi connectivity index (χ2v) is 12.5. The van der Waals surface area contributed by atoms with Crippen molar-refractivity contribution in [2.75, 3.05) is 0 Å². The molecule has 0 N–H and O–H groups in total. The summed E-state index contributed by atoms with van der Waals surface area (Å²) in [6.07, 6.45) is 1.95. The molecule has 0 unspecified atom stereocenters. The summed E-state index contributed by atoms with van der Waals surface area (Å²) >= 11 is 0. The first kappa shape index (κ1) is 27.3. The van der Waals surface area contributed by atoms with Crippen molar-refractivity contribution in [1.82, 2.24) is 0 Å². The van der Waals surface area contributed by atoms with Gasteiger partial charge in [0.25, 0.3) is 0 Å². The lowest BCUT2D eigenvalue weighted by molar-refractivity contribution is 1.45. The Hall–Kier alpha value is -5.98. The van der Waals surface area contributed by atoms with Gasteiger partial charge < -0.3 is 0 Å². The maximum absolute atomic E-state index is 4.10. The van der Waals surface area contributed by atoms with Crippen molar-refractivity contribution < 1.29 is 0 Å². The standard InChI is InChI=1S/C47H32/c1-3-31-14-4-5-15-34(31)44-28-32(25-24-30(44)2)46-40-20-10-12-22-42(40)47(43-23-13-11-21-41(43)46)33-26-27-39-37-18-7-6-16-35(37)36-17-8-9-19-38(36)45(39)29-33/h3-29H,1H2,2H3. The fourth-order valence-electron chi connectivity index (χ4n) is 7.80. The molecule has 0 amide bonds. The number of aryl methyl sites for hydroxylation is 1. The molecule has 9 aromatic carbocycles. The van der Waals surface area contributed by atoms with E-state index in [4.69, 9.17) is 0 Å². The molecule has 47 heavy (non-hydrogen) atoms. The zero-order chi connectivity index (χ0) is 31.5. The highest BCUT2D eigenvalue weighted by Gasteiger charge is 2.19. The van der Waals surface area contributed by atoms with Crippen LogP contribution in [0.1, 0.15) is 11.1 Å². The van der Waals surface area contributed by atoms with Crippen LogP contribution in [0.5, 0.6) is 0 Å². The fraction of sp³-hybridized carbons (Fsp3) is 0.0213. The Labute approximate surface area is 274 Å². The second-order valence-electron chi connectivity index (χ2n) is 12.5. The molecule has 0 aliphatic heterocycles. The Balaban J connectivity index is 1.35. The van der Waals surface area contributed by atoms with Crippen molar-refractivity contribution in [1.29, 1.82) is 0 Å². The number of fused-ring (bicyclic) bond motifs is 8. The van der Waals surface area contributed by atoms with E-state index in [0.717, 1.165) is 5.56 Å². The van der Waals surface area contributed by atoms with Crippen LogP contribution in [0.2, 0.25) is 0 Å². The highest BCUT2D eigenvalue weighted by atomic mass is 14.2. The maximum atomic E-state index is 4.10. The normalized spacial score (nSPS) is 11.6. The summed E-state index contributed by atoms with van der Waals surface area (Å²) < 4.78 is 0. The van der Waals surface area contributed by atoms with Crippen LogP contribution in [0.25, 0.3) is 93.3 Å². The molecule has 0 spiro atoms. The van der Waals surface area contributed by atoms with Crippen LogP contribution in [-0.2, 0) is 0 Å². The number of hydrogen-bond acceptors (Lipinski definition) is 0. The van der Waals surface area contributed by atoms with Gasteiger partial charge in [-0.1, -0.05) is 158 Å². The molecule has 0 aliphatic carbocycles. The predicted octanol–water partition coefficient (Wildman–Crippen LogP) is 13.4. The van der Waals surface area contributed by atoms with Gasteiger partial charge in [-0.05, 0) is 117 Å². The van der Waals surface area contributed by atoms with E-state index < -0.39 is 0 Å². The summed E-state index contributed by atoms with van der Waals surface area (Å²) in [6, 6.07) is 58.1. The summed E-state index contributed by atoms with van der Waals surface area (Å²) in [7, 11) is 0. The topological polar surface area (TPSA) is 0 Å². The second kappa shape index (κ2) is 10.8. The van der Waals surface area contributed by atoms with Gasteiger partial charge in [-0.15, -0.1) is 0 Å². The van der Waals surface area contributed by atoms with E-state index in [1.807, 2.05) is 6.08 Å². The summed E-state index contributed by atoms with van der Waals surface area (Å²) in [5.41, 5.74) is 9.87. The highest BCUT2D eigenvalue weighted by Crippen LogP contribution is 2.46. The molecular formula is C47H32. The predicted molar refractivity (Wildman–Crippen MR) is 205 cm³/mol. The molecule has 9 rings (SSSR count). The maximum Gasteiger partial charge on any atom is -0.00261 e. The van der Waals surface area contributed by atoms with Gasteiger partial charge in [0.2, 0.25) is 0 Å². The van der Waals surface area contributed by atoms with Crippen LogP contribution < -0.4 is 0 Å². The van der Waals surface area contributed by atoms with Crippen LogP contribution in [0.15, 0.2) is 164 Å². The first-order valence-electron chi connectivity index (χ1n) is 16.3. The van der Waals surface area contributed by atoms with E-state index in [1.54, 1.807) is 0 Å². The molecule has 0 saturated carbocycles. The third-order valence-corrected chi connectivity index (χ3v) is 9.96. The van der Waals surface area contributed by atoms with Crippen molar-refractivity contribution >= 4 is 59.9 Å². The smallest absolute Gasteiger partial charge is 0.00261 e. The SMILES string of the molecule is C=Cc1ccccc1-c1cc(-c2c3ccccc3c(-c3ccc4c5ccccc5c5ccccc5c4c3)c3ccccc23)ccc1C. The van der Waals surface area contributed by atoms with Crippen molar-refractivity contribution in [3.8, 4) is 33.4 Å². The van der Waals surface area contributed by atoms with E-state index in [1.165, 1.54) is 92.8 Å². The number of hydrogen-bond donors (Lipinski definition) is 0. The molecule has 0 heterocycles. The number of benzene rings is 9. The van der Waals surface area contributed by atoms with Gasteiger partial charge in [-0.2, -0.15) is 0 Å². The van der Waals surface area contributed by atoms with Crippen LogP contribution in [0.3, 0.4) is 0 Å². The molecule has 220 valence electrons. The van der Waals surface area contributed by atoms with Gasteiger partial charge in [0.1, 0.15) is 0 Å². The van der Waals surface area contributed by atoms with Gasteiger partial charge in [-0.25, -0.2) is 0 Å². The van der Waals surface area contributed by atoms with Crippen molar-refractivity contribution in [3.63, 3.8) is 0 Å². The minimum atomic E-state index is 1.15. The number of rotatable bonds is 4. The molecule has 0 bridgehead atoms. The van der Waals surface area contributed by atoms with Crippen LogP contribution >= 0.6 is 0 Å². The first-order valence-corrected chi connectivity index (χ1v) is 16.3. The molecule has 0 nitrogen and oxygen atoms in total. The lowest BCUT2D eigenvalue weighted by atomic mass is 9.84. The zero-order valence-corrected chi connectivity index (χ0v) is 26.3. The minimum Gasteiger partial charge on any atom is -0.0984 e. The Morgan fingerprint density at radius 1 is 0.362 bits per heavy atom. The summed E-state index contributed by atoms with van der Waals surface area (Å²) in [4.78, 5) is 0. The van der Waals surface area contributed by atoms with Crippen molar-refractivity contribution in [3.05, 3.63) is 175 Å². The minimum absolute atomic E-state index is 1.15. The lowest BCUT2D eigenvalue weighted by Gasteiger charge is -2.19. The van der Waals surface area contributed by atoms with Crippen molar-refractivity contribution in [2.24, 2.45) is 0 Å². The van der Waals surface area contributed by atoms with E-state index in [0.29, 0.717) is 0 Å². The van der Waals surface area contributed by atoms with Crippen LogP contribution in [-0.4, -0.2) is 0 Å². The Bertz CT molecular complexity index is 2610. The molecule has 0 fully saturated rings. The van der Waals surface area contributed by atoms with Gasteiger partial charge >= 0.3 is 0 Å². The molecule has 0 aliphatic rings. The third-order valence-electron chi connectivity index (χ3n) is 9.96. The molecule has 0 radical (unpaired) electrons. The summed E-state index contributed by atoms with van der Waals surface area (Å²) in [5, 5.41) is 12.8. The van der Waals surface area contributed by atoms with Crippen molar-refractivity contribution in [2.45, 2.75) is 6.92 Å². The van der Waals surface area contributed by atoms with Gasteiger partial charge in [-0.3, -0.25) is 0 Å². The Morgan fingerprint density at radius 2 is 0.766 bits per heavy atom. The zero-order valence-electron chi connectivity index (χ0n) is 26.3. The molecule has 0 atom stereocenters. The van der Waals surface area contributed by atoms with Crippen LogP contribution in [0, 0.1) is 6.92 Å². The Kier molecular flexibility index (Phi) is 6.30. The highest BCUT2D eigenvalue weighted by molar-refractivity contribution is 6.27. The average Bonchev–Trinajstić information content (AvgIpc) is 3.14. The van der Waals surface area contributed by atoms with Gasteiger partial charge in [0.15, 0.2) is 0 Å². The van der Waals surface area contributed by atoms with Gasteiger partial charge in [0, 0.05) is 0 Å². The van der Waals surface area contributed by atoms with E-state index in [9.17, 15) is 0 Å². The molecule has 0 heteroatoms. The summed E-state index contributed by atoms with van der Waals surface area (Å²) in [5.74, 6) is 0. The third kappa shape index (κ3) is 4.22. The van der Waals surface area contributed by atoms with E-state index >= 15 is 0 Å². The first-order chi connectivity index (χ1) is 23.2. The molecule has 0 aromatic heterocycles. The van der Waals surface area contributed by atoms with E-state index in [-0.39, 0.29) is 0 Å². The molecular weight excluding hydrogens is 565 g/mol. The average molecular weight is 597 g/mol. The molecule has 9 aromatic rings. The fourth-order valence-corrected chi connectivity index (χ4v) is 7.80. The van der Waals surface area contributed by atoms with Crippen LogP contribution in [0.4, 0.5) is 0 Å². The quantitative estimate of drug-likeness (QED) is 0.140. The molecule has 0 saturated heterocycles. The van der Waals surface area contributed by atoms with Gasteiger partial charge in [0.05, 0.1) is 0 Å². The Morgan fingerprint density at radius 3 is 1.30 bits per heavy atom. The summed E-state index contributed by atoms with van der Waals surface area (Å²) in [6.45, 7) is 6.30. The lowest BCUT2D eigenvalue weighted by Crippen LogP contribution is -1.93. The van der Waals surface area contributed by atoms with E-state index in [2.05, 4.69) is 171 Å². The monoisotopic (exact) mass is 596 g/mol.